The van der Waals surface area contributed by atoms with Crippen molar-refractivity contribution in [3.63, 3.8) is 0 Å². The fraction of sp³-hybridized carbons (Fsp3) is 0.273. The maximum atomic E-state index is 13.4. The van der Waals surface area contributed by atoms with E-state index in [4.69, 9.17) is 9.47 Å². The van der Waals surface area contributed by atoms with E-state index < -0.39 is 21.6 Å². The predicted octanol–water partition coefficient (Wildman–Crippen LogP) is 3.49. The van der Waals surface area contributed by atoms with Crippen molar-refractivity contribution >= 4 is 21.6 Å². The largest absolute Gasteiger partial charge is 0.490 e. The molecular weight excluding hydrogens is 437 g/mol. The molecule has 0 spiro atoms. The van der Waals surface area contributed by atoms with Gasteiger partial charge in [0, 0.05) is 11.1 Å². The van der Waals surface area contributed by atoms with Gasteiger partial charge in [-0.2, -0.15) is 5.10 Å². The molecule has 0 unspecified atom stereocenters. The SMILES string of the molecule is CCOc1ccc(C(=O)Nc2c3c(nn2-c2ccc(F)cc2)CS(=O)(=O)C3)cc1OCC. The van der Waals surface area contributed by atoms with Gasteiger partial charge in [0.25, 0.3) is 5.91 Å². The van der Waals surface area contributed by atoms with Crippen LogP contribution in [0.5, 0.6) is 11.5 Å². The average Bonchev–Trinajstić information content (AvgIpc) is 3.22. The lowest BCUT2D eigenvalue weighted by Gasteiger charge is -2.14. The molecule has 1 amide bonds. The number of hydrogen-bond acceptors (Lipinski definition) is 6. The number of hydrogen-bond donors (Lipinski definition) is 1. The third-order valence-electron chi connectivity index (χ3n) is 4.90. The molecular formula is C22H22FN3O5S. The highest BCUT2D eigenvalue weighted by Gasteiger charge is 2.33. The zero-order valence-electron chi connectivity index (χ0n) is 17.6. The topological polar surface area (TPSA) is 99.5 Å². The minimum Gasteiger partial charge on any atom is -0.490 e. The van der Waals surface area contributed by atoms with Crippen molar-refractivity contribution in [3.05, 3.63) is 65.1 Å². The van der Waals surface area contributed by atoms with Gasteiger partial charge < -0.3 is 14.8 Å². The van der Waals surface area contributed by atoms with E-state index in [1.54, 1.807) is 18.2 Å². The molecule has 3 aromatic rings. The van der Waals surface area contributed by atoms with Crippen molar-refractivity contribution in [1.29, 1.82) is 0 Å². The molecule has 168 valence electrons. The van der Waals surface area contributed by atoms with E-state index in [1.807, 2.05) is 13.8 Å². The van der Waals surface area contributed by atoms with Crippen LogP contribution in [0.1, 0.15) is 35.5 Å². The summed E-state index contributed by atoms with van der Waals surface area (Å²) in [5.41, 5.74) is 1.60. The summed E-state index contributed by atoms with van der Waals surface area (Å²) in [6.07, 6.45) is 0. The van der Waals surface area contributed by atoms with Crippen LogP contribution in [0.2, 0.25) is 0 Å². The number of nitrogens with one attached hydrogen (secondary N) is 1. The normalized spacial score (nSPS) is 14.1. The molecule has 4 rings (SSSR count). The molecule has 0 bridgehead atoms. The number of aromatic nitrogens is 2. The summed E-state index contributed by atoms with van der Waals surface area (Å²) in [6, 6.07) is 10.4. The molecule has 1 aromatic heterocycles. The molecule has 0 aliphatic carbocycles. The Labute approximate surface area is 184 Å². The Kier molecular flexibility index (Phi) is 5.88. The average molecular weight is 459 g/mol. The van der Waals surface area contributed by atoms with E-state index in [2.05, 4.69) is 10.4 Å². The Hall–Kier alpha value is -3.40. The molecule has 1 aliphatic heterocycles. The van der Waals surface area contributed by atoms with Crippen LogP contribution in [0.4, 0.5) is 10.2 Å². The summed E-state index contributed by atoms with van der Waals surface area (Å²) in [6.45, 7) is 4.52. The maximum Gasteiger partial charge on any atom is 0.256 e. The van der Waals surface area contributed by atoms with Crippen molar-refractivity contribution < 1.29 is 27.1 Å². The predicted molar refractivity (Wildman–Crippen MR) is 117 cm³/mol. The van der Waals surface area contributed by atoms with Crippen LogP contribution in [0, 0.1) is 5.82 Å². The quantitative estimate of drug-likeness (QED) is 0.581. The molecule has 0 saturated heterocycles. The van der Waals surface area contributed by atoms with Gasteiger partial charge in [0.05, 0.1) is 36.1 Å². The van der Waals surface area contributed by atoms with E-state index in [1.165, 1.54) is 28.9 Å². The van der Waals surface area contributed by atoms with Gasteiger partial charge in [0.2, 0.25) is 0 Å². The molecule has 1 aliphatic rings. The molecule has 2 heterocycles. The molecule has 32 heavy (non-hydrogen) atoms. The lowest BCUT2D eigenvalue weighted by atomic mass is 10.1. The van der Waals surface area contributed by atoms with Crippen molar-refractivity contribution in [1.82, 2.24) is 9.78 Å². The van der Waals surface area contributed by atoms with Gasteiger partial charge >= 0.3 is 0 Å². The molecule has 0 radical (unpaired) electrons. The van der Waals surface area contributed by atoms with Crippen molar-refractivity contribution in [2.24, 2.45) is 0 Å². The van der Waals surface area contributed by atoms with Gasteiger partial charge in [-0.1, -0.05) is 0 Å². The van der Waals surface area contributed by atoms with Gasteiger partial charge in [-0.05, 0) is 56.3 Å². The van der Waals surface area contributed by atoms with Crippen molar-refractivity contribution in [2.45, 2.75) is 25.4 Å². The second-order valence-corrected chi connectivity index (χ2v) is 9.24. The Morgan fingerprint density at radius 3 is 2.44 bits per heavy atom. The zero-order valence-corrected chi connectivity index (χ0v) is 18.4. The lowest BCUT2D eigenvalue weighted by Crippen LogP contribution is -2.17. The van der Waals surface area contributed by atoms with Crippen LogP contribution < -0.4 is 14.8 Å². The third kappa shape index (κ3) is 4.31. The van der Waals surface area contributed by atoms with E-state index in [0.29, 0.717) is 47.2 Å². The van der Waals surface area contributed by atoms with Gasteiger partial charge in [0.1, 0.15) is 11.6 Å². The Bertz CT molecular complexity index is 1270. The lowest BCUT2D eigenvalue weighted by molar-refractivity contribution is 0.102. The van der Waals surface area contributed by atoms with Gasteiger partial charge in [-0.15, -0.1) is 0 Å². The van der Waals surface area contributed by atoms with Crippen LogP contribution in [0.25, 0.3) is 5.69 Å². The number of ether oxygens (including phenoxy) is 2. The smallest absolute Gasteiger partial charge is 0.256 e. The van der Waals surface area contributed by atoms with Crippen LogP contribution in [-0.2, 0) is 21.3 Å². The summed E-state index contributed by atoms with van der Waals surface area (Å²) in [5.74, 6) is -0.131. The number of carbonyl (C=O) groups excluding carboxylic acids is 1. The van der Waals surface area contributed by atoms with E-state index >= 15 is 0 Å². The number of anilines is 1. The number of carbonyl (C=O) groups is 1. The summed E-state index contributed by atoms with van der Waals surface area (Å²) in [5, 5.41) is 7.16. The van der Waals surface area contributed by atoms with Crippen LogP contribution in [0.15, 0.2) is 42.5 Å². The van der Waals surface area contributed by atoms with E-state index in [9.17, 15) is 17.6 Å². The second-order valence-electron chi connectivity index (χ2n) is 7.18. The molecule has 1 N–H and O–H groups in total. The van der Waals surface area contributed by atoms with Crippen molar-refractivity contribution in [3.8, 4) is 17.2 Å². The number of halogens is 1. The second kappa shape index (κ2) is 8.62. The first-order valence-corrected chi connectivity index (χ1v) is 11.9. The summed E-state index contributed by atoms with van der Waals surface area (Å²) < 4.78 is 50.2. The number of fused-ring (bicyclic) bond motifs is 1. The highest BCUT2D eigenvalue weighted by atomic mass is 32.2. The Morgan fingerprint density at radius 1 is 1.06 bits per heavy atom. The van der Waals surface area contributed by atoms with E-state index in [0.717, 1.165) is 0 Å². The van der Waals surface area contributed by atoms with Crippen molar-refractivity contribution in [2.75, 3.05) is 18.5 Å². The minimum atomic E-state index is -3.34. The maximum absolute atomic E-state index is 13.4. The molecule has 2 aromatic carbocycles. The van der Waals surface area contributed by atoms with Crippen LogP contribution in [0.3, 0.4) is 0 Å². The third-order valence-corrected chi connectivity index (χ3v) is 6.34. The highest BCUT2D eigenvalue weighted by molar-refractivity contribution is 7.90. The fourth-order valence-electron chi connectivity index (χ4n) is 3.51. The summed E-state index contributed by atoms with van der Waals surface area (Å²) in [7, 11) is -3.34. The van der Waals surface area contributed by atoms with Gasteiger partial charge in [-0.3, -0.25) is 4.79 Å². The molecule has 0 atom stereocenters. The number of sulfone groups is 1. The fourth-order valence-corrected chi connectivity index (χ4v) is 5.01. The number of nitrogens with zero attached hydrogens (tertiary/aromatic N) is 2. The summed E-state index contributed by atoms with van der Waals surface area (Å²) in [4.78, 5) is 13.1. The Balaban J connectivity index is 1.71. The first-order chi connectivity index (χ1) is 15.3. The van der Waals surface area contributed by atoms with Crippen LogP contribution in [-0.4, -0.2) is 37.3 Å². The monoisotopic (exact) mass is 459 g/mol. The first-order valence-electron chi connectivity index (χ1n) is 10.1. The summed E-state index contributed by atoms with van der Waals surface area (Å²) >= 11 is 0. The minimum absolute atomic E-state index is 0.211. The highest BCUT2D eigenvalue weighted by Crippen LogP contribution is 2.34. The first kappa shape index (κ1) is 21.8. The van der Waals surface area contributed by atoms with Gasteiger partial charge in [0.15, 0.2) is 21.3 Å². The zero-order chi connectivity index (χ0) is 22.9. The molecule has 0 saturated carbocycles. The number of rotatable bonds is 7. The standard InChI is InChI=1S/C22H22FN3O5S/c1-3-30-19-10-5-14(11-20(19)31-4-2)22(27)24-21-17-12-32(28,29)13-18(17)25-26(21)16-8-6-15(23)7-9-16/h5-11H,3-4,12-13H2,1-2H3,(H,24,27). The van der Waals surface area contributed by atoms with Crippen LogP contribution >= 0.6 is 0 Å². The van der Waals surface area contributed by atoms with Gasteiger partial charge in [-0.25, -0.2) is 17.5 Å². The van der Waals surface area contributed by atoms with E-state index in [-0.39, 0.29) is 17.3 Å². The molecule has 8 nitrogen and oxygen atoms in total. The molecule has 10 heteroatoms. The number of benzene rings is 2. The Morgan fingerprint density at radius 2 is 1.75 bits per heavy atom. The number of amides is 1. The molecule has 0 fully saturated rings.